The van der Waals surface area contributed by atoms with Gasteiger partial charge in [-0.2, -0.15) is 0 Å². The smallest absolute Gasteiger partial charge is 0.255 e. The summed E-state index contributed by atoms with van der Waals surface area (Å²) in [5.41, 5.74) is 2.47. The number of aromatic nitrogens is 1. The SMILES string of the molecule is CSc1cc(C(C)(C)C)ccc1-n1cc(C(=O)NC2CN3CCC2CC3)ccc1=O. The third kappa shape index (κ3) is 4.21. The minimum Gasteiger partial charge on any atom is -0.348 e. The van der Waals surface area contributed by atoms with Crippen LogP contribution < -0.4 is 10.9 Å². The van der Waals surface area contributed by atoms with Gasteiger partial charge in [0.1, 0.15) is 0 Å². The van der Waals surface area contributed by atoms with Gasteiger partial charge in [0, 0.05) is 29.7 Å². The fourth-order valence-corrected chi connectivity index (χ4v) is 5.15. The molecule has 3 aliphatic rings. The van der Waals surface area contributed by atoms with E-state index >= 15 is 0 Å². The second-order valence-corrected chi connectivity index (χ2v) is 10.3. The highest BCUT2D eigenvalue weighted by Gasteiger charge is 2.35. The van der Waals surface area contributed by atoms with Crippen molar-refractivity contribution in [2.45, 2.75) is 50.0 Å². The Balaban J connectivity index is 1.62. The number of rotatable bonds is 4. The Kier molecular flexibility index (Phi) is 5.82. The van der Waals surface area contributed by atoms with Gasteiger partial charge in [0.2, 0.25) is 0 Å². The van der Waals surface area contributed by atoms with Crippen LogP contribution in [0.25, 0.3) is 5.69 Å². The molecule has 0 saturated carbocycles. The van der Waals surface area contributed by atoms with Crippen LogP contribution in [-0.4, -0.2) is 47.3 Å². The van der Waals surface area contributed by atoms with E-state index in [1.165, 1.54) is 11.6 Å². The Bertz CT molecular complexity index is 1000. The Morgan fingerprint density at radius 2 is 1.87 bits per heavy atom. The van der Waals surface area contributed by atoms with Gasteiger partial charge in [-0.15, -0.1) is 11.8 Å². The van der Waals surface area contributed by atoms with Gasteiger partial charge < -0.3 is 10.2 Å². The second kappa shape index (κ2) is 8.23. The number of benzene rings is 1. The molecule has 0 spiro atoms. The third-order valence-electron chi connectivity index (χ3n) is 6.45. The number of fused-ring (bicyclic) bond motifs is 3. The van der Waals surface area contributed by atoms with Crippen molar-refractivity contribution in [3.63, 3.8) is 0 Å². The predicted molar refractivity (Wildman–Crippen MR) is 123 cm³/mol. The Hall–Kier alpha value is -2.05. The molecule has 2 bridgehead atoms. The maximum absolute atomic E-state index is 13.0. The van der Waals surface area contributed by atoms with Crippen LogP contribution in [-0.2, 0) is 5.41 Å². The van der Waals surface area contributed by atoms with E-state index in [-0.39, 0.29) is 22.9 Å². The quantitative estimate of drug-likeness (QED) is 0.760. The highest BCUT2D eigenvalue weighted by Crippen LogP contribution is 2.31. The Morgan fingerprint density at radius 1 is 1.13 bits per heavy atom. The van der Waals surface area contributed by atoms with Crippen LogP contribution >= 0.6 is 11.8 Å². The van der Waals surface area contributed by atoms with E-state index in [4.69, 9.17) is 0 Å². The molecule has 30 heavy (non-hydrogen) atoms. The zero-order valence-corrected chi connectivity index (χ0v) is 19.1. The molecule has 0 aliphatic carbocycles. The number of hydrogen-bond donors (Lipinski definition) is 1. The highest BCUT2D eigenvalue weighted by molar-refractivity contribution is 7.98. The van der Waals surface area contributed by atoms with Crippen LogP contribution in [0, 0.1) is 5.92 Å². The van der Waals surface area contributed by atoms with E-state index in [0.29, 0.717) is 11.5 Å². The van der Waals surface area contributed by atoms with Gasteiger partial charge in [0.15, 0.2) is 0 Å². The van der Waals surface area contributed by atoms with E-state index in [1.54, 1.807) is 28.6 Å². The maximum atomic E-state index is 13.0. The molecular formula is C24H31N3O2S. The van der Waals surface area contributed by atoms with Crippen LogP contribution in [0.15, 0.2) is 46.2 Å². The lowest BCUT2D eigenvalue weighted by atomic mass is 9.84. The van der Waals surface area contributed by atoms with Crippen LogP contribution in [0.3, 0.4) is 0 Å². The molecule has 2 aromatic rings. The molecule has 1 unspecified atom stereocenters. The molecule has 1 amide bonds. The molecule has 6 heteroatoms. The van der Waals surface area contributed by atoms with Crippen molar-refractivity contribution in [2.24, 2.45) is 5.92 Å². The largest absolute Gasteiger partial charge is 0.348 e. The first-order valence-corrected chi connectivity index (χ1v) is 11.9. The number of piperidine rings is 3. The average molecular weight is 426 g/mol. The van der Waals surface area contributed by atoms with Crippen LogP contribution in [0.4, 0.5) is 0 Å². The summed E-state index contributed by atoms with van der Waals surface area (Å²) in [6.07, 6.45) is 6.01. The molecule has 0 radical (unpaired) electrons. The van der Waals surface area contributed by atoms with Crippen molar-refractivity contribution in [3.05, 3.63) is 58.0 Å². The summed E-state index contributed by atoms with van der Waals surface area (Å²) < 4.78 is 1.60. The van der Waals surface area contributed by atoms with E-state index in [9.17, 15) is 9.59 Å². The lowest BCUT2D eigenvalue weighted by Gasteiger charge is -2.44. The molecule has 3 aliphatic heterocycles. The molecule has 4 heterocycles. The van der Waals surface area contributed by atoms with Gasteiger partial charge in [-0.25, -0.2) is 0 Å². The second-order valence-electron chi connectivity index (χ2n) is 9.48. The third-order valence-corrected chi connectivity index (χ3v) is 7.22. The number of thioether (sulfide) groups is 1. The van der Waals surface area contributed by atoms with Crippen molar-refractivity contribution in [3.8, 4) is 5.69 Å². The summed E-state index contributed by atoms with van der Waals surface area (Å²) in [5, 5.41) is 3.22. The zero-order chi connectivity index (χ0) is 21.5. The van der Waals surface area contributed by atoms with Gasteiger partial charge in [-0.05, 0) is 67.3 Å². The fraction of sp³-hybridized carbons (Fsp3) is 0.500. The number of amides is 1. The summed E-state index contributed by atoms with van der Waals surface area (Å²) in [4.78, 5) is 29.1. The zero-order valence-electron chi connectivity index (χ0n) is 18.3. The number of nitrogens with zero attached hydrogens (tertiary/aromatic N) is 2. The standard InChI is InChI=1S/C24H31N3O2S/c1-24(2,3)18-6-7-20(21(13-18)30-4)27-14-17(5-8-22(27)28)23(29)25-19-15-26-11-9-16(19)10-12-26/h5-8,13-14,16,19H,9-12,15H2,1-4H3,(H,25,29). The van der Waals surface area contributed by atoms with E-state index < -0.39 is 0 Å². The minimum absolute atomic E-state index is 0.0328. The molecule has 5 nitrogen and oxygen atoms in total. The summed E-state index contributed by atoms with van der Waals surface area (Å²) >= 11 is 1.61. The summed E-state index contributed by atoms with van der Waals surface area (Å²) in [6, 6.07) is 9.54. The van der Waals surface area contributed by atoms with Gasteiger partial charge in [0.25, 0.3) is 11.5 Å². The van der Waals surface area contributed by atoms with Gasteiger partial charge in [-0.3, -0.25) is 14.2 Å². The van der Waals surface area contributed by atoms with Crippen molar-refractivity contribution in [1.29, 1.82) is 0 Å². The highest BCUT2D eigenvalue weighted by atomic mass is 32.2. The number of hydrogen-bond acceptors (Lipinski definition) is 4. The summed E-state index contributed by atoms with van der Waals surface area (Å²) in [6.45, 7) is 9.75. The molecule has 1 aromatic heterocycles. The van der Waals surface area contributed by atoms with E-state index in [1.807, 2.05) is 12.3 Å². The Morgan fingerprint density at radius 3 is 2.47 bits per heavy atom. The van der Waals surface area contributed by atoms with E-state index in [2.05, 4.69) is 43.1 Å². The summed E-state index contributed by atoms with van der Waals surface area (Å²) in [5.74, 6) is 0.470. The maximum Gasteiger partial charge on any atom is 0.255 e. The monoisotopic (exact) mass is 425 g/mol. The van der Waals surface area contributed by atoms with Gasteiger partial charge >= 0.3 is 0 Å². The normalized spacial score (nSPS) is 23.4. The van der Waals surface area contributed by atoms with Crippen molar-refractivity contribution in [2.75, 3.05) is 25.9 Å². The first kappa shape index (κ1) is 21.2. The number of pyridine rings is 1. The number of nitrogens with one attached hydrogen (secondary N) is 1. The minimum atomic E-state index is -0.131. The molecule has 3 fully saturated rings. The molecule has 1 N–H and O–H groups in total. The molecule has 3 saturated heterocycles. The van der Waals surface area contributed by atoms with Gasteiger partial charge in [-0.1, -0.05) is 26.8 Å². The lowest BCUT2D eigenvalue weighted by molar-refractivity contribution is 0.0620. The first-order valence-electron chi connectivity index (χ1n) is 10.7. The Labute approximate surface area is 182 Å². The predicted octanol–water partition coefficient (Wildman–Crippen LogP) is 3.68. The first-order chi connectivity index (χ1) is 14.3. The van der Waals surface area contributed by atoms with Gasteiger partial charge in [0.05, 0.1) is 11.3 Å². The lowest BCUT2D eigenvalue weighted by Crippen LogP contribution is -2.57. The fourth-order valence-electron chi connectivity index (χ4n) is 4.53. The van der Waals surface area contributed by atoms with Crippen molar-refractivity contribution in [1.82, 2.24) is 14.8 Å². The topological polar surface area (TPSA) is 54.3 Å². The van der Waals surface area contributed by atoms with Crippen LogP contribution in [0.1, 0.15) is 49.5 Å². The number of carbonyl (C=O) groups is 1. The van der Waals surface area contributed by atoms with Crippen molar-refractivity contribution >= 4 is 17.7 Å². The molecule has 1 atom stereocenters. The van der Waals surface area contributed by atoms with Crippen molar-refractivity contribution < 1.29 is 4.79 Å². The average Bonchev–Trinajstić information content (AvgIpc) is 2.74. The number of carbonyl (C=O) groups excluding carboxylic acids is 1. The van der Waals surface area contributed by atoms with Crippen LogP contribution in [0.5, 0.6) is 0 Å². The van der Waals surface area contributed by atoms with Crippen LogP contribution in [0.2, 0.25) is 0 Å². The molecule has 1 aromatic carbocycles. The molecular weight excluding hydrogens is 394 g/mol. The molecule has 5 rings (SSSR count). The van der Waals surface area contributed by atoms with E-state index in [0.717, 1.165) is 43.1 Å². The summed E-state index contributed by atoms with van der Waals surface area (Å²) in [7, 11) is 0. The molecule has 160 valence electrons.